The van der Waals surface area contributed by atoms with Crippen molar-refractivity contribution in [3.63, 3.8) is 0 Å². The van der Waals surface area contributed by atoms with E-state index in [1.807, 2.05) is 37.4 Å². The Morgan fingerprint density at radius 3 is 3.07 bits per heavy atom. The molecule has 1 heterocycles. The molecule has 1 aromatic carbocycles. The lowest BCUT2D eigenvalue weighted by Gasteiger charge is -2.03. The number of hydrogen-bond donors (Lipinski definition) is 2. The van der Waals surface area contributed by atoms with Gasteiger partial charge in [-0.05, 0) is 31.2 Å². The molecule has 15 heavy (non-hydrogen) atoms. The Balaban J connectivity index is 2.35. The molecule has 2 N–H and O–H groups in total. The van der Waals surface area contributed by atoms with E-state index in [4.69, 9.17) is 0 Å². The molecule has 2 rings (SSSR count). The smallest absolute Gasteiger partial charge is 0.248 e. The average molecular weight is 200 g/mol. The third kappa shape index (κ3) is 1.91. The second kappa shape index (κ2) is 4.00. The minimum Gasteiger partial charge on any atom is -0.361 e. The van der Waals surface area contributed by atoms with Gasteiger partial charge in [0.1, 0.15) is 0 Å². The van der Waals surface area contributed by atoms with Gasteiger partial charge in [-0.2, -0.15) is 0 Å². The summed E-state index contributed by atoms with van der Waals surface area (Å²) in [5.74, 6) is -0.105. The normalized spacial score (nSPS) is 11.0. The molecular formula is C12H12N2O. The van der Waals surface area contributed by atoms with Gasteiger partial charge in [-0.15, -0.1) is 0 Å². The van der Waals surface area contributed by atoms with Crippen LogP contribution in [0.5, 0.6) is 0 Å². The summed E-state index contributed by atoms with van der Waals surface area (Å²) in [7, 11) is 0. The Kier molecular flexibility index (Phi) is 2.54. The van der Waals surface area contributed by atoms with Crippen LogP contribution in [0.2, 0.25) is 0 Å². The SMILES string of the molecule is C/C=C/C(=O)Nc1cccc2[nH]ccc12. The maximum absolute atomic E-state index is 11.4. The number of carbonyl (C=O) groups excluding carboxylic acids is 1. The van der Waals surface area contributed by atoms with Crippen molar-refractivity contribution >= 4 is 22.5 Å². The summed E-state index contributed by atoms with van der Waals surface area (Å²) in [4.78, 5) is 14.5. The highest BCUT2D eigenvalue weighted by molar-refractivity contribution is 6.05. The number of fused-ring (bicyclic) bond motifs is 1. The third-order valence-electron chi connectivity index (χ3n) is 2.17. The van der Waals surface area contributed by atoms with Crippen LogP contribution in [0.3, 0.4) is 0 Å². The van der Waals surface area contributed by atoms with Crippen molar-refractivity contribution in [2.45, 2.75) is 6.92 Å². The molecule has 0 aliphatic carbocycles. The van der Waals surface area contributed by atoms with Gasteiger partial charge in [0.15, 0.2) is 0 Å². The summed E-state index contributed by atoms with van der Waals surface area (Å²) in [6.45, 7) is 1.82. The predicted molar refractivity (Wildman–Crippen MR) is 61.7 cm³/mol. The van der Waals surface area contributed by atoms with E-state index < -0.39 is 0 Å². The number of amides is 1. The van der Waals surface area contributed by atoms with Gasteiger partial charge in [0, 0.05) is 17.1 Å². The lowest BCUT2D eigenvalue weighted by atomic mass is 10.2. The van der Waals surface area contributed by atoms with E-state index in [0.717, 1.165) is 16.6 Å². The molecule has 0 aliphatic rings. The van der Waals surface area contributed by atoms with E-state index in [-0.39, 0.29) is 5.91 Å². The number of rotatable bonds is 2. The number of allylic oxidation sites excluding steroid dienone is 1. The fraction of sp³-hybridized carbons (Fsp3) is 0.0833. The number of benzene rings is 1. The van der Waals surface area contributed by atoms with Gasteiger partial charge in [-0.1, -0.05) is 12.1 Å². The lowest BCUT2D eigenvalue weighted by molar-refractivity contribution is -0.111. The molecule has 0 atom stereocenters. The first-order valence-corrected chi connectivity index (χ1v) is 4.81. The lowest BCUT2D eigenvalue weighted by Crippen LogP contribution is -2.07. The summed E-state index contributed by atoms with van der Waals surface area (Å²) in [6.07, 6.45) is 5.08. The molecule has 0 radical (unpaired) electrons. The van der Waals surface area contributed by atoms with Crippen molar-refractivity contribution in [2.75, 3.05) is 5.32 Å². The van der Waals surface area contributed by atoms with Crippen LogP contribution in [0.4, 0.5) is 5.69 Å². The molecule has 3 heteroatoms. The van der Waals surface area contributed by atoms with E-state index in [2.05, 4.69) is 10.3 Å². The first-order chi connectivity index (χ1) is 7.31. The zero-order valence-corrected chi connectivity index (χ0v) is 8.45. The van der Waals surface area contributed by atoms with Gasteiger partial charge < -0.3 is 10.3 Å². The first kappa shape index (κ1) is 9.52. The van der Waals surface area contributed by atoms with Crippen LogP contribution < -0.4 is 5.32 Å². The fourth-order valence-corrected chi connectivity index (χ4v) is 1.52. The second-order valence-electron chi connectivity index (χ2n) is 3.23. The van der Waals surface area contributed by atoms with Crippen LogP contribution in [-0.4, -0.2) is 10.9 Å². The van der Waals surface area contributed by atoms with Gasteiger partial charge in [-0.3, -0.25) is 4.79 Å². The van der Waals surface area contributed by atoms with Gasteiger partial charge >= 0.3 is 0 Å². The van der Waals surface area contributed by atoms with Crippen LogP contribution in [0.1, 0.15) is 6.92 Å². The largest absolute Gasteiger partial charge is 0.361 e. The van der Waals surface area contributed by atoms with Crippen molar-refractivity contribution < 1.29 is 4.79 Å². The molecule has 0 unspecified atom stereocenters. The first-order valence-electron chi connectivity index (χ1n) is 4.81. The van der Waals surface area contributed by atoms with Crippen LogP contribution in [0.15, 0.2) is 42.6 Å². The Hall–Kier alpha value is -2.03. The number of nitrogens with one attached hydrogen (secondary N) is 2. The van der Waals surface area contributed by atoms with Gasteiger partial charge in [-0.25, -0.2) is 0 Å². The van der Waals surface area contributed by atoms with E-state index in [9.17, 15) is 4.79 Å². The predicted octanol–water partition coefficient (Wildman–Crippen LogP) is 2.68. The minimum atomic E-state index is -0.105. The Morgan fingerprint density at radius 1 is 1.40 bits per heavy atom. The molecule has 0 aliphatic heterocycles. The molecule has 1 aromatic heterocycles. The van der Waals surface area contributed by atoms with E-state index >= 15 is 0 Å². The molecule has 0 spiro atoms. The summed E-state index contributed by atoms with van der Waals surface area (Å²) >= 11 is 0. The second-order valence-corrected chi connectivity index (χ2v) is 3.23. The zero-order chi connectivity index (χ0) is 10.7. The minimum absolute atomic E-state index is 0.105. The summed E-state index contributed by atoms with van der Waals surface area (Å²) in [5, 5.41) is 3.85. The van der Waals surface area contributed by atoms with Gasteiger partial charge in [0.2, 0.25) is 5.91 Å². The standard InChI is InChI=1S/C12H12N2O/c1-2-4-12(15)14-11-6-3-5-10-9(11)7-8-13-10/h2-8,13H,1H3,(H,14,15)/b4-2+. The van der Waals surface area contributed by atoms with Gasteiger partial charge in [0.25, 0.3) is 0 Å². The van der Waals surface area contributed by atoms with E-state index in [0.29, 0.717) is 0 Å². The average Bonchev–Trinajstić information content (AvgIpc) is 2.67. The number of aromatic nitrogens is 1. The molecule has 76 valence electrons. The van der Waals surface area contributed by atoms with Crippen LogP contribution in [0, 0.1) is 0 Å². The maximum atomic E-state index is 11.4. The molecule has 0 saturated carbocycles. The monoisotopic (exact) mass is 200 g/mol. The molecule has 0 bridgehead atoms. The molecular weight excluding hydrogens is 188 g/mol. The number of aromatic amines is 1. The van der Waals surface area contributed by atoms with Crippen LogP contribution in [-0.2, 0) is 4.79 Å². The molecule has 3 nitrogen and oxygen atoms in total. The quantitative estimate of drug-likeness (QED) is 0.719. The van der Waals surface area contributed by atoms with Crippen molar-refractivity contribution in [2.24, 2.45) is 0 Å². The Bertz CT molecular complexity index is 511. The number of H-pyrrole nitrogens is 1. The maximum Gasteiger partial charge on any atom is 0.248 e. The molecule has 2 aromatic rings. The highest BCUT2D eigenvalue weighted by Crippen LogP contribution is 2.21. The fourth-order valence-electron chi connectivity index (χ4n) is 1.52. The van der Waals surface area contributed by atoms with Crippen molar-refractivity contribution in [1.82, 2.24) is 4.98 Å². The van der Waals surface area contributed by atoms with Crippen molar-refractivity contribution in [1.29, 1.82) is 0 Å². The Morgan fingerprint density at radius 2 is 2.27 bits per heavy atom. The Labute approximate surface area is 87.8 Å². The van der Waals surface area contributed by atoms with Crippen LogP contribution in [0.25, 0.3) is 10.9 Å². The van der Waals surface area contributed by atoms with Crippen molar-refractivity contribution in [3.8, 4) is 0 Å². The number of carbonyl (C=O) groups is 1. The third-order valence-corrected chi connectivity index (χ3v) is 2.17. The zero-order valence-electron chi connectivity index (χ0n) is 8.45. The molecule has 0 fully saturated rings. The van der Waals surface area contributed by atoms with Crippen LogP contribution >= 0.6 is 0 Å². The van der Waals surface area contributed by atoms with E-state index in [1.165, 1.54) is 6.08 Å². The summed E-state index contributed by atoms with van der Waals surface area (Å²) in [5.41, 5.74) is 1.85. The molecule has 0 saturated heterocycles. The van der Waals surface area contributed by atoms with E-state index in [1.54, 1.807) is 6.08 Å². The topological polar surface area (TPSA) is 44.9 Å². The summed E-state index contributed by atoms with van der Waals surface area (Å²) < 4.78 is 0. The van der Waals surface area contributed by atoms with Gasteiger partial charge in [0.05, 0.1) is 5.69 Å². The number of anilines is 1. The van der Waals surface area contributed by atoms with Crippen molar-refractivity contribution in [3.05, 3.63) is 42.6 Å². The highest BCUT2D eigenvalue weighted by atomic mass is 16.1. The summed E-state index contributed by atoms with van der Waals surface area (Å²) in [6, 6.07) is 7.71. The molecule has 1 amide bonds. The highest BCUT2D eigenvalue weighted by Gasteiger charge is 2.02. The number of hydrogen-bond acceptors (Lipinski definition) is 1.